The zero-order chi connectivity index (χ0) is 20.6. The van der Waals surface area contributed by atoms with E-state index in [1.807, 2.05) is 19.1 Å². The predicted molar refractivity (Wildman–Crippen MR) is 116 cm³/mol. The molecular formula is C22H18FN3O2S. The van der Waals surface area contributed by atoms with Crippen molar-refractivity contribution in [3.05, 3.63) is 95.3 Å². The molecule has 3 rings (SSSR count). The van der Waals surface area contributed by atoms with E-state index in [4.69, 9.17) is 17.0 Å². The van der Waals surface area contributed by atoms with Crippen LogP contribution in [0.25, 0.3) is 0 Å². The van der Waals surface area contributed by atoms with Crippen LogP contribution in [0.5, 0.6) is 5.75 Å². The Labute approximate surface area is 173 Å². The third-order valence-corrected chi connectivity index (χ3v) is 4.05. The van der Waals surface area contributed by atoms with Gasteiger partial charge >= 0.3 is 5.97 Å². The van der Waals surface area contributed by atoms with Gasteiger partial charge in [0, 0.05) is 5.69 Å². The van der Waals surface area contributed by atoms with Crippen molar-refractivity contribution in [1.82, 2.24) is 5.43 Å². The molecule has 0 aromatic heterocycles. The van der Waals surface area contributed by atoms with Gasteiger partial charge in [-0.15, -0.1) is 0 Å². The largest absolute Gasteiger partial charge is 0.423 e. The van der Waals surface area contributed by atoms with Crippen LogP contribution in [0.4, 0.5) is 10.1 Å². The highest BCUT2D eigenvalue weighted by Gasteiger charge is 2.07. The van der Waals surface area contributed by atoms with Crippen LogP contribution in [0.1, 0.15) is 21.5 Å². The molecule has 0 amide bonds. The molecule has 146 valence electrons. The standard InChI is InChI=1S/C22H18FN3O2S/c1-15-2-6-17(7-3-15)21(27)28-20-12-4-16(5-13-20)14-24-26-22(29)25-19-10-8-18(23)9-11-19/h2-14H,1H3,(H2,25,26,29). The lowest BCUT2D eigenvalue weighted by Gasteiger charge is -2.07. The number of halogens is 1. The zero-order valence-electron chi connectivity index (χ0n) is 15.6. The van der Waals surface area contributed by atoms with E-state index in [0.29, 0.717) is 17.0 Å². The van der Waals surface area contributed by atoms with Crippen LogP contribution in [-0.2, 0) is 0 Å². The minimum atomic E-state index is -0.412. The summed E-state index contributed by atoms with van der Waals surface area (Å²) >= 11 is 5.12. The summed E-state index contributed by atoms with van der Waals surface area (Å²) in [6.45, 7) is 1.95. The van der Waals surface area contributed by atoms with E-state index < -0.39 is 5.97 Å². The third kappa shape index (κ3) is 6.22. The van der Waals surface area contributed by atoms with Gasteiger partial charge in [-0.2, -0.15) is 5.10 Å². The molecule has 3 aromatic rings. The Morgan fingerprint density at radius 1 is 1.00 bits per heavy atom. The summed E-state index contributed by atoms with van der Waals surface area (Å²) in [5, 5.41) is 7.20. The summed E-state index contributed by atoms with van der Waals surface area (Å²) in [5.41, 5.74) is 5.69. The number of benzene rings is 3. The van der Waals surface area contributed by atoms with Gasteiger partial charge in [0.2, 0.25) is 0 Å². The van der Waals surface area contributed by atoms with E-state index >= 15 is 0 Å². The minimum absolute atomic E-state index is 0.275. The summed E-state index contributed by atoms with van der Waals surface area (Å²) in [6.07, 6.45) is 1.57. The van der Waals surface area contributed by atoms with Gasteiger partial charge in [0.15, 0.2) is 5.11 Å². The number of ether oxygens (including phenoxy) is 1. The fraction of sp³-hybridized carbons (Fsp3) is 0.0455. The van der Waals surface area contributed by atoms with Gasteiger partial charge in [-0.3, -0.25) is 5.43 Å². The van der Waals surface area contributed by atoms with Crippen molar-refractivity contribution in [2.75, 3.05) is 5.32 Å². The van der Waals surface area contributed by atoms with Crippen molar-refractivity contribution >= 4 is 35.2 Å². The highest BCUT2D eigenvalue weighted by Crippen LogP contribution is 2.14. The van der Waals surface area contributed by atoms with Crippen LogP contribution in [0, 0.1) is 12.7 Å². The maximum absolute atomic E-state index is 12.9. The highest BCUT2D eigenvalue weighted by atomic mass is 32.1. The van der Waals surface area contributed by atoms with Gasteiger partial charge in [-0.25, -0.2) is 9.18 Å². The summed E-state index contributed by atoms with van der Waals surface area (Å²) in [6, 6.07) is 19.9. The van der Waals surface area contributed by atoms with Crippen LogP contribution in [0.2, 0.25) is 0 Å². The number of nitrogens with one attached hydrogen (secondary N) is 2. The van der Waals surface area contributed by atoms with Crippen LogP contribution in [0.3, 0.4) is 0 Å². The Kier molecular flexibility index (Phi) is 6.65. The molecule has 0 aliphatic heterocycles. The van der Waals surface area contributed by atoms with Gasteiger partial charge < -0.3 is 10.1 Å². The summed E-state index contributed by atoms with van der Waals surface area (Å²) < 4.78 is 18.2. The molecule has 2 N–H and O–H groups in total. The molecule has 0 spiro atoms. The van der Waals surface area contributed by atoms with E-state index in [1.54, 1.807) is 54.7 Å². The predicted octanol–water partition coefficient (Wildman–Crippen LogP) is 4.67. The monoisotopic (exact) mass is 407 g/mol. The smallest absolute Gasteiger partial charge is 0.343 e. The Morgan fingerprint density at radius 2 is 1.66 bits per heavy atom. The molecule has 29 heavy (non-hydrogen) atoms. The Hall–Kier alpha value is -3.58. The van der Waals surface area contributed by atoms with Gasteiger partial charge in [0.1, 0.15) is 11.6 Å². The van der Waals surface area contributed by atoms with Crippen LogP contribution in [-0.4, -0.2) is 17.3 Å². The number of carbonyl (C=O) groups is 1. The number of nitrogens with zero attached hydrogens (tertiary/aromatic N) is 1. The lowest BCUT2D eigenvalue weighted by atomic mass is 10.1. The lowest BCUT2D eigenvalue weighted by Crippen LogP contribution is -2.23. The zero-order valence-corrected chi connectivity index (χ0v) is 16.4. The molecule has 7 heteroatoms. The second-order valence-electron chi connectivity index (χ2n) is 6.16. The molecule has 5 nitrogen and oxygen atoms in total. The molecule has 3 aromatic carbocycles. The molecule has 0 atom stereocenters. The van der Waals surface area contributed by atoms with E-state index in [-0.39, 0.29) is 10.9 Å². The first-order chi connectivity index (χ1) is 14.0. The molecule has 0 unspecified atom stereocenters. The second kappa shape index (κ2) is 9.57. The topological polar surface area (TPSA) is 62.7 Å². The Balaban J connectivity index is 1.50. The molecule has 0 saturated heterocycles. The van der Waals surface area contributed by atoms with Gasteiger partial charge in [-0.05, 0) is 85.4 Å². The highest BCUT2D eigenvalue weighted by molar-refractivity contribution is 7.80. The number of anilines is 1. The van der Waals surface area contributed by atoms with E-state index in [2.05, 4.69) is 15.8 Å². The van der Waals surface area contributed by atoms with Crippen molar-refractivity contribution in [2.45, 2.75) is 6.92 Å². The van der Waals surface area contributed by atoms with Gasteiger partial charge in [0.25, 0.3) is 0 Å². The SMILES string of the molecule is Cc1ccc(C(=O)Oc2ccc(C=NNC(=S)Nc3ccc(F)cc3)cc2)cc1. The van der Waals surface area contributed by atoms with E-state index in [1.165, 1.54) is 12.1 Å². The number of thiocarbonyl (C=S) groups is 1. The molecule has 0 fully saturated rings. The number of hydrazone groups is 1. The Bertz CT molecular complexity index is 1020. The van der Waals surface area contributed by atoms with Crippen LogP contribution < -0.4 is 15.5 Å². The molecule has 0 aliphatic carbocycles. The van der Waals surface area contributed by atoms with Crippen molar-refractivity contribution in [3.63, 3.8) is 0 Å². The first kappa shape index (κ1) is 20.2. The van der Waals surface area contributed by atoms with Gasteiger partial charge in [-0.1, -0.05) is 17.7 Å². The van der Waals surface area contributed by atoms with Crippen molar-refractivity contribution in [3.8, 4) is 5.75 Å². The molecule has 0 heterocycles. The second-order valence-corrected chi connectivity index (χ2v) is 6.56. The number of aryl methyl sites for hydroxylation is 1. The molecule has 0 bridgehead atoms. The molecule has 0 radical (unpaired) electrons. The number of hydrogen-bond donors (Lipinski definition) is 2. The average molecular weight is 407 g/mol. The first-order valence-electron chi connectivity index (χ1n) is 8.74. The molecule has 0 saturated carbocycles. The quantitative estimate of drug-likeness (QED) is 0.212. The number of carbonyl (C=O) groups excluding carboxylic acids is 1. The van der Waals surface area contributed by atoms with Crippen molar-refractivity contribution < 1.29 is 13.9 Å². The van der Waals surface area contributed by atoms with Gasteiger partial charge in [0.05, 0.1) is 11.8 Å². The fourth-order valence-corrected chi connectivity index (χ4v) is 2.51. The van der Waals surface area contributed by atoms with Crippen LogP contribution in [0.15, 0.2) is 77.9 Å². The fourth-order valence-electron chi connectivity index (χ4n) is 2.34. The summed E-state index contributed by atoms with van der Waals surface area (Å²) in [5.74, 6) is -0.292. The van der Waals surface area contributed by atoms with Crippen molar-refractivity contribution in [2.24, 2.45) is 5.10 Å². The summed E-state index contributed by atoms with van der Waals surface area (Å²) in [4.78, 5) is 12.1. The Morgan fingerprint density at radius 3 is 2.31 bits per heavy atom. The third-order valence-electron chi connectivity index (χ3n) is 3.86. The summed E-state index contributed by atoms with van der Waals surface area (Å²) in [7, 11) is 0. The number of esters is 1. The number of hydrogen-bond acceptors (Lipinski definition) is 4. The first-order valence-corrected chi connectivity index (χ1v) is 9.15. The van der Waals surface area contributed by atoms with Crippen molar-refractivity contribution in [1.29, 1.82) is 0 Å². The normalized spacial score (nSPS) is 10.6. The lowest BCUT2D eigenvalue weighted by molar-refractivity contribution is 0.0735. The molecular weight excluding hydrogens is 389 g/mol. The minimum Gasteiger partial charge on any atom is -0.423 e. The average Bonchev–Trinajstić information content (AvgIpc) is 2.71. The maximum atomic E-state index is 12.9. The maximum Gasteiger partial charge on any atom is 0.343 e. The van der Waals surface area contributed by atoms with E-state index in [0.717, 1.165) is 11.1 Å². The number of rotatable bonds is 5. The molecule has 0 aliphatic rings. The van der Waals surface area contributed by atoms with Crippen LogP contribution >= 0.6 is 12.2 Å². The van der Waals surface area contributed by atoms with E-state index in [9.17, 15) is 9.18 Å².